The molecule has 0 saturated heterocycles. The van der Waals surface area contributed by atoms with Crippen LogP contribution in [0.25, 0.3) is 0 Å². The van der Waals surface area contributed by atoms with Crippen LogP contribution < -0.4 is 10.1 Å². The van der Waals surface area contributed by atoms with Gasteiger partial charge in [-0.25, -0.2) is 0 Å². The molecule has 5 rings (SSSR count). The molecule has 0 bridgehead atoms. The molecule has 1 aliphatic carbocycles. The predicted molar refractivity (Wildman–Crippen MR) is 166 cm³/mol. The molecule has 1 heterocycles. The van der Waals surface area contributed by atoms with Gasteiger partial charge < -0.3 is 10.1 Å². The van der Waals surface area contributed by atoms with Crippen molar-refractivity contribution in [3.05, 3.63) is 89.0 Å². The molecule has 3 heteroatoms. The Labute approximate surface area is 241 Å². The quantitative estimate of drug-likeness (QED) is 0.295. The highest BCUT2D eigenvalue weighted by atomic mass is 16.5. The SMILES string of the molecule is CC(CCc1ccc(C(C)(C)C)c(NC(=O)CC2c3ccccc3Oc3ccccc32)c1)CCC1CCCCC1. The number of fused-ring (bicyclic) bond motifs is 2. The average molecular weight is 538 g/mol. The van der Waals surface area contributed by atoms with Crippen LogP contribution in [0.2, 0.25) is 0 Å². The molecule has 1 unspecified atom stereocenters. The van der Waals surface area contributed by atoms with Crippen molar-refractivity contribution in [2.75, 3.05) is 5.32 Å². The van der Waals surface area contributed by atoms with Gasteiger partial charge in [-0.15, -0.1) is 0 Å². The van der Waals surface area contributed by atoms with Gasteiger partial charge >= 0.3 is 0 Å². The number of nitrogens with one attached hydrogen (secondary N) is 1. The molecule has 2 aliphatic rings. The van der Waals surface area contributed by atoms with E-state index < -0.39 is 0 Å². The fraction of sp³-hybridized carbons (Fsp3) is 0.486. The first-order valence-electron chi connectivity index (χ1n) is 15.6. The van der Waals surface area contributed by atoms with E-state index in [0.717, 1.165) is 46.6 Å². The van der Waals surface area contributed by atoms with Crippen molar-refractivity contribution >= 4 is 11.6 Å². The monoisotopic (exact) mass is 537 g/mol. The second kappa shape index (κ2) is 12.6. The van der Waals surface area contributed by atoms with Crippen LogP contribution >= 0.6 is 0 Å². The van der Waals surface area contributed by atoms with Crippen molar-refractivity contribution in [1.82, 2.24) is 0 Å². The second-order valence-electron chi connectivity index (χ2n) is 13.3. The smallest absolute Gasteiger partial charge is 0.225 e. The van der Waals surface area contributed by atoms with Crippen molar-refractivity contribution in [1.29, 1.82) is 0 Å². The first-order chi connectivity index (χ1) is 19.3. The number of hydrogen-bond acceptors (Lipinski definition) is 2. The number of amides is 1. The van der Waals surface area contributed by atoms with Crippen LogP contribution in [0, 0.1) is 11.8 Å². The highest BCUT2D eigenvalue weighted by Crippen LogP contribution is 2.45. The summed E-state index contributed by atoms with van der Waals surface area (Å²) in [6.45, 7) is 9.07. The van der Waals surface area contributed by atoms with Crippen LogP contribution in [-0.4, -0.2) is 5.91 Å². The highest BCUT2D eigenvalue weighted by Gasteiger charge is 2.29. The van der Waals surface area contributed by atoms with Crippen LogP contribution in [0.5, 0.6) is 11.5 Å². The molecule has 3 nitrogen and oxygen atoms in total. The highest BCUT2D eigenvalue weighted by molar-refractivity contribution is 5.93. The van der Waals surface area contributed by atoms with E-state index >= 15 is 0 Å². The fourth-order valence-corrected chi connectivity index (χ4v) is 6.67. The van der Waals surface area contributed by atoms with Gasteiger partial charge in [0.05, 0.1) is 0 Å². The Morgan fingerprint density at radius 1 is 0.900 bits per heavy atom. The molecular formula is C37H47NO2. The van der Waals surface area contributed by atoms with Gasteiger partial charge in [0, 0.05) is 29.2 Å². The van der Waals surface area contributed by atoms with Crippen LogP contribution in [0.3, 0.4) is 0 Å². The number of aryl methyl sites for hydroxylation is 1. The Balaban J connectivity index is 1.27. The summed E-state index contributed by atoms with van der Waals surface area (Å²) in [4.78, 5) is 13.6. The average Bonchev–Trinajstić information content (AvgIpc) is 2.95. The van der Waals surface area contributed by atoms with Crippen LogP contribution in [-0.2, 0) is 16.6 Å². The molecule has 1 fully saturated rings. The number of anilines is 1. The summed E-state index contributed by atoms with van der Waals surface area (Å²) >= 11 is 0. The van der Waals surface area contributed by atoms with Gasteiger partial charge in [-0.2, -0.15) is 0 Å². The summed E-state index contributed by atoms with van der Waals surface area (Å²) in [5.41, 5.74) is 5.54. The van der Waals surface area contributed by atoms with Gasteiger partial charge in [0.25, 0.3) is 0 Å². The Kier molecular flexibility index (Phi) is 8.98. The van der Waals surface area contributed by atoms with Crippen LogP contribution in [0.15, 0.2) is 66.7 Å². The number of para-hydroxylation sites is 2. The summed E-state index contributed by atoms with van der Waals surface area (Å²) < 4.78 is 6.15. The Morgan fingerprint density at radius 3 is 2.20 bits per heavy atom. The number of rotatable bonds is 9. The van der Waals surface area contributed by atoms with E-state index in [9.17, 15) is 4.79 Å². The fourth-order valence-electron chi connectivity index (χ4n) is 6.67. The van der Waals surface area contributed by atoms with Gasteiger partial charge in [0.1, 0.15) is 11.5 Å². The van der Waals surface area contributed by atoms with Crippen molar-refractivity contribution in [2.24, 2.45) is 11.8 Å². The van der Waals surface area contributed by atoms with E-state index in [2.05, 4.69) is 63.3 Å². The minimum atomic E-state index is -0.0632. The molecule has 1 amide bonds. The molecule has 1 atom stereocenters. The zero-order valence-corrected chi connectivity index (χ0v) is 25.0. The number of carbonyl (C=O) groups excluding carboxylic acids is 1. The maximum Gasteiger partial charge on any atom is 0.225 e. The normalized spacial score (nSPS) is 16.5. The summed E-state index contributed by atoms with van der Waals surface area (Å²) in [5, 5.41) is 3.34. The molecule has 3 aromatic carbocycles. The molecule has 0 radical (unpaired) electrons. The molecule has 1 N–H and O–H groups in total. The lowest BCUT2D eigenvalue weighted by atomic mass is 9.83. The zero-order valence-electron chi connectivity index (χ0n) is 25.0. The third kappa shape index (κ3) is 6.97. The number of benzene rings is 3. The van der Waals surface area contributed by atoms with Crippen molar-refractivity contribution in [3.8, 4) is 11.5 Å². The first-order valence-corrected chi connectivity index (χ1v) is 15.6. The molecule has 3 aromatic rings. The Bertz CT molecular complexity index is 1250. The van der Waals surface area contributed by atoms with E-state index in [0.29, 0.717) is 6.42 Å². The molecule has 1 aliphatic heterocycles. The minimum absolute atomic E-state index is 0.0348. The van der Waals surface area contributed by atoms with E-state index in [-0.39, 0.29) is 17.2 Å². The molecule has 1 saturated carbocycles. The largest absolute Gasteiger partial charge is 0.457 e. The lowest BCUT2D eigenvalue weighted by Crippen LogP contribution is -2.22. The molecule has 0 aromatic heterocycles. The minimum Gasteiger partial charge on any atom is -0.457 e. The number of ether oxygens (including phenoxy) is 1. The van der Waals surface area contributed by atoms with Crippen molar-refractivity contribution in [2.45, 2.75) is 103 Å². The molecule has 40 heavy (non-hydrogen) atoms. The van der Waals surface area contributed by atoms with Crippen molar-refractivity contribution in [3.63, 3.8) is 0 Å². The lowest BCUT2D eigenvalue weighted by molar-refractivity contribution is -0.116. The third-order valence-electron chi connectivity index (χ3n) is 9.08. The standard InChI is InChI=1S/C37H47NO2/c1-26(18-20-27-12-6-5-7-13-27)19-21-28-22-23-32(37(2,3)4)33(24-28)38-36(39)25-31-29-14-8-10-16-34(29)40-35-17-11-9-15-30(31)35/h8-11,14-17,22-24,26-27,31H,5-7,12-13,18-21,25H2,1-4H3,(H,38,39). The summed E-state index contributed by atoms with van der Waals surface area (Å²) in [5.74, 6) is 3.38. The van der Waals surface area contributed by atoms with E-state index in [1.165, 1.54) is 62.5 Å². The summed E-state index contributed by atoms with van der Waals surface area (Å²) in [6, 6.07) is 22.9. The molecular weight excluding hydrogens is 490 g/mol. The Hall–Kier alpha value is -3.07. The van der Waals surface area contributed by atoms with E-state index in [1.54, 1.807) is 0 Å². The topological polar surface area (TPSA) is 38.3 Å². The Morgan fingerprint density at radius 2 is 1.55 bits per heavy atom. The van der Waals surface area contributed by atoms with E-state index in [1.807, 2.05) is 36.4 Å². The van der Waals surface area contributed by atoms with Gasteiger partial charge in [-0.3, -0.25) is 4.79 Å². The maximum absolute atomic E-state index is 13.6. The third-order valence-corrected chi connectivity index (χ3v) is 9.08. The molecule has 0 spiro atoms. The van der Waals surface area contributed by atoms with Gasteiger partial charge in [-0.05, 0) is 59.4 Å². The first kappa shape index (κ1) is 28.5. The van der Waals surface area contributed by atoms with Crippen LogP contribution in [0.1, 0.15) is 114 Å². The van der Waals surface area contributed by atoms with Crippen molar-refractivity contribution < 1.29 is 9.53 Å². The van der Waals surface area contributed by atoms with Gasteiger partial charge in [0.15, 0.2) is 0 Å². The zero-order chi connectivity index (χ0) is 28.1. The maximum atomic E-state index is 13.6. The number of carbonyl (C=O) groups is 1. The van der Waals surface area contributed by atoms with Gasteiger partial charge in [-0.1, -0.05) is 121 Å². The number of hydrogen-bond donors (Lipinski definition) is 1. The van der Waals surface area contributed by atoms with Gasteiger partial charge in [0.2, 0.25) is 5.91 Å². The second-order valence-corrected chi connectivity index (χ2v) is 13.3. The van der Waals surface area contributed by atoms with Crippen LogP contribution in [0.4, 0.5) is 5.69 Å². The lowest BCUT2D eigenvalue weighted by Gasteiger charge is -2.28. The molecule has 212 valence electrons. The summed E-state index contributed by atoms with van der Waals surface area (Å²) in [7, 11) is 0. The van der Waals surface area contributed by atoms with E-state index in [4.69, 9.17) is 4.74 Å². The predicted octanol–water partition coefficient (Wildman–Crippen LogP) is 10.2. The summed E-state index contributed by atoms with van der Waals surface area (Å²) in [6.07, 6.45) is 12.5.